The van der Waals surface area contributed by atoms with Gasteiger partial charge in [0.2, 0.25) is 0 Å². The number of aryl methyl sites for hydroxylation is 1. The molecule has 0 bridgehead atoms. The molecule has 0 spiro atoms. The van der Waals surface area contributed by atoms with E-state index in [2.05, 4.69) is 0 Å². The highest BCUT2D eigenvalue weighted by atomic mass is 32.2. The van der Waals surface area contributed by atoms with Gasteiger partial charge in [-0.05, 0) is 30.7 Å². The van der Waals surface area contributed by atoms with Crippen molar-refractivity contribution in [1.29, 1.82) is 5.26 Å². The first kappa shape index (κ1) is 14.6. The molecule has 0 aliphatic carbocycles. The van der Waals surface area contributed by atoms with Gasteiger partial charge in [-0.25, -0.2) is 8.42 Å². The van der Waals surface area contributed by atoms with Gasteiger partial charge >= 0.3 is 0 Å². The van der Waals surface area contributed by atoms with E-state index < -0.39 is 10.0 Å². The summed E-state index contributed by atoms with van der Waals surface area (Å²) in [5.41, 5.74) is 0.892. The van der Waals surface area contributed by atoms with Crippen LogP contribution >= 0.6 is 0 Å². The summed E-state index contributed by atoms with van der Waals surface area (Å²) in [5, 5.41) is 8.70. The normalized spacial score (nSPS) is 11.2. The molecular weight excluding hydrogens is 256 g/mol. The molecule has 18 heavy (non-hydrogen) atoms. The van der Waals surface area contributed by atoms with Crippen molar-refractivity contribution in [3.63, 3.8) is 0 Å². The number of rotatable bonds is 6. The Kier molecular flexibility index (Phi) is 5.25. The second kappa shape index (κ2) is 6.47. The minimum Gasteiger partial charge on any atom is -0.382 e. The van der Waals surface area contributed by atoms with Crippen LogP contribution in [0.1, 0.15) is 11.1 Å². The van der Waals surface area contributed by atoms with Crippen molar-refractivity contribution >= 4 is 10.0 Å². The van der Waals surface area contributed by atoms with Crippen molar-refractivity contribution in [2.45, 2.75) is 11.8 Å². The summed E-state index contributed by atoms with van der Waals surface area (Å²) in [5.74, 6) is 0. The molecule has 1 N–H and O–H groups in total. The van der Waals surface area contributed by atoms with Crippen molar-refractivity contribution < 1.29 is 18.0 Å². The predicted octanol–water partition coefficient (Wildman–Crippen LogP) is 0.723. The molecule has 7 heteroatoms. The summed E-state index contributed by atoms with van der Waals surface area (Å²) in [7, 11) is -2.24. The second-order valence-corrected chi connectivity index (χ2v) is 5.13. The second-order valence-electron chi connectivity index (χ2n) is 3.52. The molecule has 0 aliphatic heterocycles. The summed E-state index contributed by atoms with van der Waals surface area (Å²) in [6, 6.07) is 6.26. The average molecular weight is 270 g/mol. The maximum Gasteiger partial charge on any atom is 0.262 e. The van der Waals surface area contributed by atoms with E-state index in [9.17, 15) is 8.42 Å². The Morgan fingerprint density at radius 3 is 2.67 bits per heavy atom. The number of nitriles is 1. The number of nitrogens with zero attached hydrogens (tertiary/aromatic N) is 1. The monoisotopic (exact) mass is 270 g/mol. The van der Waals surface area contributed by atoms with E-state index in [4.69, 9.17) is 14.8 Å². The van der Waals surface area contributed by atoms with E-state index in [1.54, 1.807) is 6.92 Å². The van der Waals surface area contributed by atoms with Gasteiger partial charge in [0.1, 0.15) is 0 Å². The first-order valence-corrected chi connectivity index (χ1v) is 6.63. The Bertz CT molecular complexity index is 549. The largest absolute Gasteiger partial charge is 0.382 e. The minimum atomic E-state index is -3.73. The zero-order chi connectivity index (χ0) is 13.6. The van der Waals surface area contributed by atoms with Crippen LogP contribution in [0.4, 0.5) is 0 Å². The lowest BCUT2D eigenvalue weighted by atomic mass is 10.2. The van der Waals surface area contributed by atoms with Crippen molar-refractivity contribution in [3.8, 4) is 6.07 Å². The Hall–Kier alpha value is -1.46. The first-order chi connectivity index (χ1) is 8.51. The lowest BCUT2D eigenvalue weighted by Crippen LogP contribution is -2.26. The topological polar surface area (TPSA) is 88.4 Å². The summed E-state index contributed by atoms with van der Waals surface area (Å²) >= 11 is 0. The maximum absolute atomic E-state index is 11.9. The fourth-order valence-electron chi connectivity index (χ4n) is 1.31. The molecule has 0 fully saturated rings. The molecule has 0 atom stereocenters. The van der Waals surface area contributed by atoms with E-state index in [1.807, 2.05) is 11.0 Å². The number of hydrogen-bond donors (Lipinski definition) is 1. The van der Waals surface area contributed by atoms with Crippen LogP contribution in [-0.4, -0.2) is 28.7 Å². The third-order valence-electron chi connectivity index (χ3n) is 2.15. The summed E-state index contributed by atoms with van der Waals surface area (Å²) in [6.07, 6.45) is 0. The number of methoxy groups -OCH3 is 1. The van der Waals surface area contributed by atoms with Gasteiger partial charge in [0.25, 0.3) is 10.0 Å². The highest BCUT2D eigenvalue weighted by Crippen LogP contribution is 2.16. The summed E-state index contributed by atoms with van der Waals surface area (Å²) in [4.78, 5) is 6.86. The van der Waals surface area contributed by atoms with Crippen LogP contribution in [0.25, 0.3) is 0 Å². The van der Waals surface area contributed by atoms with Crippen LogP contribution in [0.15, 0.2) is 23.1 Å². The van der Waals surface area contributed by atoms with Crippen molar-refractivity contribution in [3.05, 3.63) is 29.3 Å². The third-order valence-corrected chi connectivity index (χ3v) is 3.53. The molecule has 1 aromatic rings. The van der Waals surface area contributed by atoms with E-state index in [0.29, 0.717) is 11.1 Å². The van der Waals surface area contributed by atoms with Crippen LogP contribution in [0.3, 0.4) is 0 Å². The summed E-state index contributed by atoms with van der Waals surface area (Å²) < 4.78 is 28.4. The van der Waals surface area contributed by atoms with Gasteiger partial charge in [0.15, 0.2) is 0 Å². The van der Waals surface area contributed by atoms with E-state index >= 15 is 0 Å². The number of sulfonamides is 1. The van der Waals surface area contributed by atoms with Gasteiger partial charge in [-0.3, -0.25) is 4.84 Å². The maximum atomic E-state index is 11.9. The zero-order valence-electron chi connectivity index (χ0n) is 10.1. The van der Waals surface area contributed by atoms with Gasteiger partial charge < -0.3 is 4.74 Å². The van der Waals surface area contributed by atoms with E-state index in [1.165, 1.54) is 25.3 Å². The van der Waals surface area contributed by atoms with Crippen LogP contribution in [0.2, 0.25) is 0 Å². The zero-order valence-corrected chi connectivity index (χ0v) is 11.0. The lowest BCUT2D eigenvalue weighted by molar-refractivity contribution is 0.0438. The van der Waals surface area contributed by atoms with Crippen molar-refractivity contribution in [2.24, 2.45) is 0 Å². The predicted molar refractivity (Wildman–Crippen MR) is 64.0 cm³/mol. The molecule has 98 valence electrons. The Morgan fingerprint density at radius 2 is 2.11 bits per heavy atom. The van der Waals surface area contributed by atoms with E-state index in [0.717, 1.165) is 0 Å². The number of benzene rings is 1. The molecule has 1 rings (SSSR count). The molecule has 1 aromatic carbocycles. The molecule has 6 nitrogen and oxygen atoms in total. The molecule has 0 saturated carbocycles. The van der Waals surface area contributed by atoms with Gasteiger partial charge in [-0.15, -0.1) is 0 Å². The fourth-order valence-corrected chi connectivity index (χ4v) is 2.37. The van der Waals surface area contributed by atoms with Crippen LogP contribution < -0.4 is 4.89 Å². The molecule has 0 radical (unpaired) electrons. The van der Waals surface area contributed by atoms with Gasteiger partial charge in [-0.1, -0.05) is 4.89 Å². The molecule has 0 heterocycles. The Morgan fingerprint density at radius 1 is 1.39 bits per heavy atom. The van der Waals surface area contributed by atoms with Gasteiger partial charge in [0.05, 0.1) is 29.7 Å². The lowest BCUT2D eigenvalue weighted by Gasteiger charge is -2.09. The van der Waals surface area contributed by atoms with Crippen LogP contribution in [0, 0.1) is 18.3 Å². The number of hydrogen-bond acceptors (Lipinski definition) is 5. The molecule has 0 unspecified atom stereocenters. The van der Waals surface area contributed by atoms with Crippen LogP contribution in [0.5, 0.6) is 0 Å². The number of ether oxygens (including phenoxy) is 1. The Balaban J connectivity index is 2.82. The summed E-state index contributed by atoms with van der Waals surface area (Å²) in [6.45, 7) is 2.02. The first-order valence-electron chi connectivity index (χ1n) is 5.14. The fraction of sp³-hybridized carbons (Fsp3) is 0.364. The highest BCUT2D eigenvalue weighted by molar-refractivity contribution is 7.89. The minimum absolute atomic E-state index is 0.0823. The average Bonchev–Trinajstić information content (AvgIpc) is 2.34. The SMILES string of the molecule is COCCONS(=O)(=O)c1ccc(C#N)cc1C. The smallest absolute Gasteiger partial charge is 0.262 e. The van der Waals surface area contributed by atoms with Crippen LogP contribution in [-0.2, 0) is 19.6 Å². The third kappa shape index (κ3) is 3.78. The van der Waals surface area contributed by atoms with Crippen molar-refractivity contribution in [1.82, 2.24) is 4.89 Å². The Labute approximate surface area is 106 Å². The van der Waals surface area contributed by atoms with Gasteiger partial charge in [-0.2, -0.15) is 5.26 Å². The number of nitrogens with one attached hydrogen (secondary N) is 1. The van der Waals surface area contributed by atoms with Crippen molar-refractivity contribution in [2.75, 3.05) is 20.3 Å². The molecular formula is C11H14N2O4S. The molecule has 0 aliphatic rings. The molecule has 0 aromatic heterocycles. The van der Waals surface area contributed by atoms with Gasteiger partial charge in [0, 0.05) is 7.11 Å². The van der Waals surface area contributed by atoms with E-state index in [-0.39, 0.29) is 18.1 Å². The highest BCUT2D eigenvalue weighted by Gasteiger charge is 2.17. The standard InChI is InChI=1S/C11H14N2O4S/c1-9-7-10(8-12)3-4-11(9)18(14,15)13-17-6-5-16-2/h3-4,7,13H,5-6H2,1-2H3. The quantitative estimate of drug-likeness (QED) is 0.608. The molecule has 0 amide bonds. The molecule has 0 saturated heterocycles.